The Morgan fingerprint density at radius 2 is 2.04 bits per heavy atom. The molecule has 3 aliphatic rings. The zero-order valence-electron chi connectivity index (χ0n) is 16.3. The van der Waals surface area contributed by atoms with Crippen molar-refractivity contribution in [3.05, 3.63) is 34.9 Å². The lowest BCUT2D eigenvalue weighted by atomic mass is 9.59. The van der Waals surface area contributed by atoms with Gasteiger partial charge in [0, 0.05) is 24.4 Å². The molecule has 0 radical (unpaired) electrons. The second-order valence-electron chi connectivity index (χ2n) is 8.54. The fourth-order valence-electron chi connectivity index (χ4n) is 5.51. The van der Waals surface area contributed by atoms with Gasteiger partial charge < -0.3 is 14.6 Å². The van der Waals surface area contributed by atoms with Crippen molar-refractivity contribution >= 4 is 0 Å². The molecule has 0 aromatic carbocycles. The van der Waals surface area contributed by atoms with Gasteiger partial charge >= 0.3 is 0 Å². The van der Waals surface area contributed by atoms with E-state index in [1.807, 2.05) is 0 Å². The average Bonchev–Trinajstić information content (AvgIpc) is 2.92. The Morgan fingerprint density at radius 3 is 2.76 bits per heavy atom. The third kappa shape index (κ3) is 3.27. The van der Waals surface area contributed by atoms with Crippen LogP contribution in [0.4, 0.5) is 0 Å². The highest BCUT2D eigenvalue weighted by molar-refractivity contribution is 5.37. The normalized spacial score (nSPS) is 44.2. The summed E-state index contributed by atoms with van der Waals surface area (Å²) < 4.78 is 11.2. The van der Waals surface area contributed by atoms with E-state index in [1.54, 1.807) is 12.7 Å². The predicted molar refractivity (Wildman–Crippen MR) is 101 cm³/mol. The summed E-state index contributed by atoms with van der Waals surface area (Å²) in [7, 11) is 1.65. The van der Waals surface area contributed by atoms with E-state index in [1.165, 1.54) is 16.7 Å². The zero-order chi connectivity index (χ0) is 18.2. The molecule has 25 heavy (non-hydrogen) atoms. The van der Waals surface area contributed by atoms with E-state index in [0.29, 0.717) is 5.92 Å². The molecule has 3 heteroatoms. The fraction of sp³-hybridized carbons (Fsp3) is 0.727. The molecular formula is C22H34O3. The maximum atomic E-state index is 11.2. The first-order valence-electron chi connectivity index (χ1n) is 9.71. The first-order valence-corrected chi connectivity index (χ1v) is 9.71. The smallest absolute Gasteiger partial charge is 0.146 e. The summed E-state index contributed by atoms with van der Waals surface area (Å²) in [5.41, 5.74) is 5.64. The molecule has 0 aromatic heterocycles. The largest absolute Gasteiger partial charge is 0.390 e. The van der Waals surface area contributed by atoms with Gasteiger partial charge in [0.05, 0.1) is 12.2 Å². The standard InChI is InChI=1S/C22H34O3/c1-14-7-6-8-15(2)17-11-12-22(4)19(17)16(3)18(10-9-14)20(23)21(22)25-13-24-5/h7,18-21,23H,3,6,8-13H2,1-2,4-5H3/b14-7+,17-15-/t18-,19?,20-,21-,22-/m0/s1. The van der Waals surface area contributed by atoms with Gasteiger partial charge in [0.2, 0.25) is 0 Å². The molecule has 2 bridgehead atoms. The van der Waals surface area contributed by atoms with Crippen LogP contribution in [0.15, 0.2) is 34.9 Å². The minimum absolute atomic E-state index is 0.0847. The van der Waals surface area contributed by atoms with Crippen molar-refractivity contribution < 1.29 is 14.6 Å². The molecule has 1 N–H and O–H groups in total. The third-order valence-electron chi connectivity index (χ3n) is 6.94. The van der Waals surface area contributed by atoms with Crippen molar-refractivity contribution in [3.63, 3.8) is 0 Å². The predicted octanol–water partition coefficient (Wildman–Crippen LogP) is 4.78. The van der Waals surface area contributed by atoms with Crippen LogP contribution in [-0.4, -0.2) is 31.2 Å². The number of rotatable bonds is 3. The van der Waals surface area contributed by atoms with Crippen molar-refractivity contribution in [1.82, 2.24) is 0 Å². The van der Waals surface area contributed by atoms with E-state index in [2.05, 4.69) is 33.4 Å². The SMILES string of the molecule is C=C1C2/C3=C(/C)CC/C=C(\C)CC[C@@H]1[C@H](O)[C@H](OCOC)[C@@]2(C)CC3. The molecule has 0 aliphatic heterocycles. The number of methoxy groups -OCH3 is 1. The Balaban J connectivity index is 2.05. The van der Waals surface area contributed by atoms with Crippen LogP contribution in [0.25, 0.3) is 0 Å². The van der Waals surface area contributed by atoms with E-state index in [9.17, 15) is 5.11 Å². The molecule has 0 aromatic rings. The molecule has 3 nitrogen and oxygen atoms in total. The summed E-state index contributed by atoms with van der Waals surface area (Å²) in [6, 6.07) is 0. The highest BCUT2D eigenvalue weighted by Crippen LogP contribution is 2.60. The van der Waals surface area contributed by atoms with Crippen LogP contribution in [-0.2, 0) is 9.47 Å². The number of ether oxygens (including phenoxy) is 2. The van der Waals surface area contributed by atoms with Gasteiger partial charge in [0.25, 0.3) is 0 Å². The van der Waals surface area contributed by atoms with Gasteiger partial charge in [-0.05, 0) is 52.4 Å². The lowest BCUT2D eigenvalue weighted by Gasteiger charge is -2.51. The highest BCUT2D eigenvalue weighted by atomic mass is 16.7. The van der Waals surface area contributed by atoms with Crippen molar-refractivity contribution in [2.75, 3.05) is 13.9 Å². The van der Waals surface area contributed by atoms with Crippen molar-refractivity contribution in [3.8, 4) is 0 Å². The highest BCUT2D eigenvalue weighted by Gasteiger charge is 2.57. The summed E-state index contributed by atoms with van der Waals surface area (Å²) in [6.45, 7) is 11.5. The molecule has 5 atom stereocenters. The maximum Gasteiger partial charge on any atom is 0.146 e. The van der Waals surface area contributed by atoms with E-state index in [-0.39, 0.29) is 24.2 Å². The van der Waals surface area contributed by atoms with Crippen LogP contribution in [0.2, 0.25) is 0 Å². The molecule has 1 unspecified atom stereocenters. The van der Waals surface area contributed by atoms with Gasteiger partial charge in [0.15, 0.2) is 0 Å². The number of aliphatic hydroxyl groups excluding tert-OH is 1. The fourth-order valence-corrected chi connectivity index (χ4v) is 5.51. The van der Waals surface area contributed by atoms with Crippen LogP contribution < -0.4 is 0 Å². The van der Waals surface area contributed by atoms with E-state index in [4.69, 9.17) is 9.47 Å². The van der Waals surface area contributed by atoms with Crippen LogP contribution in [0, 0.1) is 17.3 Å². The molecule has 3 aliphatic carbocycles. The van der Waals surface area contributed by atoms with E-state index >= 15 is 0 Å². The first-order chi connectivity index (χ1) is 11.9. The Labute approximate surface area is 152 Å². The number of fused-ring (bicyclic) bond motifs is 1. The molecule has 0 spiro atoms. The summed E-state index contributed by atoms with van der Waals surface area (Å²) >= 11 is 0. The molecular weight excluding hydrogens is 312 g/mol. The summed E-state index contributed by atoms with van der Waals surface area (Å²) in [5.74, 6) is 0.434. The van der Waals surface area contributed by atoms with Gasteiger partial charge in [-0.3, -0.25) is 0 Å². The van der Waals surface area contributed by atoms with Crippen LogP contribution in [0.3, 0.4) is 0 Å². The molecule has 0 saturated heterocycles. The summed E-state index contributed by atoms with van der Waals surface area (Å²) in [6.07, 6.45) is 8.06. The summed E-state index contributed by atoms with van der Waals surface area (Å²) in [4.78, 5) is 0. The van der Waals surface area contributed by atoms with Gasteiger partial charge in [-0.25, -0.2) is 0 Å². The van der Waals surface area contributed by atoms with Crippen LogP contribution in [0.1, 0.15) is 59.3 Å². The number of hydrogen-bond acceptors (Lipinski definition) is 3. The molecule has 0 heterocycles. The molecule has 2 fully saturated rings. The Bertz CT molecular complexity index is 588. The van der Waals surface area contributed by atoms with Crippen LogP contribution >= 0.6 is 0 Å². The monoisotopic (exact) mass is 346 g/mol. The Morgan fingerprint density at radius 1 is 1.28 bits per heavy atom. The van der Waals surface area contributed by atoms with Crippen LogP contribution in [0.5, 0.6) is 0 Å². The molecule has 0 amide bonds. The van der Waals surface area contributed by atoms with Crippen molar-refractivity contribution in [2.45, 2.75) is 71.5 Å². The second-order valence-corrected chi connectivity index (χ2v) is 8.54. The second kappa shape index (κ2) is 7.38. The lowest BCUT2D eigenvalue weighted by molar-refractivity contribution is -0.182. The summed E-state index contributed by atoms with van der Waals surface area (Å²) in [5, 5.41) is 11.2. The van der Waals surface area contributed by atoms with Gasteiger partial charge in [-0.15, -0.1) is 0 Å². The van der Waals surface area contributed by atoms with Crippen molar-refractivity contribution in [2.24, 2.45) is 17.3 Å². The first kappa shape index (κ1) is 18.9. The van der Waals surface area contributed by atoms with E-state index in [0.717, 1.165) is 38.5 Å². The molecule has 140 valence electrons. The number of allylic oxidation sites excluding steroid dienone is 4. The maximum absolute atomic E-state index is 11.2. The van der Waals surface area contributed by atoms with Gasteiger partial charge in [0.1, 0.15) is 6.79 Å². The lowest BCUT2D eigenvalue weighted by Crippen LogP contribution is -2.55. The quantitative estimate of drug-likeness (QED) is 0.590. The minimum atomic E-state index is -0.503. The minimum Gasteiger partial charge on any atom is -0.390 e. The Kier molecular flexibility index (Phi) is 5.57. The number of hydrogen-bond donors (Lipinski definition) is 1. The van der Waals surface area contributed by atoms with Gasteiger partial charge in [-0.1, -0.05) is 41.9 Å². The molecule has 3 rings (SSSR count). The molecule has 2 saturated carbocycles. The zero-order valence-corrected chi connectivity index (χ0v) is 16.3. The van der Waals surface area contributed by atoms with E-state index < -0.39 is 6.10 Å². The number of aliphatic hydroxyl groups is 1. The average molecular weight is 347 g/mol. The van der Waals surface area contributed by atoms with Crippen molar-refractivity contribution in [1.29, 1.82) is 0 Å². The third-order valence-corrected chi connectivity index (χ3v) is 6.94. The van der Waals surface area contributed by atoms with Gasteiger partial charge in [-0.2, -0.15) is 0 Å². The Hall–Kier alpha value is -0.900. The topological polar surface area (TPSA) is 38.7 Å².